The third-order valence-corrected chi connectivity index (χ3v) is 5.62. The van der Waals surface area contributed by atoms with Gasteiger partial charge in [-0.05, 0) is 81.1 Å². The Morgan fingerprint density at radius 2 is 1.52 bits per heavy atom. The third-order valence-electron chi connectivity index (χ3n) is 5.62. The van der Waals surface area contributed by atoms with E-state index in [0.29, 0.717) is 0 Å². The van der Waals surface area contributed by atoms with Crippen molar-refractivity contribution in [2.24, 2.45) is 5.92 Å². The summed E-state index contributed by atoms with van der Waals surface area (Å²) in [6.45, 7) is 4.98. The van der Waals surface area contributed by atoms with Crippen molar-refractivity contribution in [1.29, 1.82) is 0 Å². The molecule has 0 N–H and O–H groups in total. The standard InChI is InChI=1S/C19H29NO/c1-15-3-7-18(8-4-15)20-13-11-17(12-14-20)16-5-9-19(21-2)10-6-16/h5-6,9-10,15,17-18H,3-4,7-8,11-14H2,1-2H3/t15-,18-. The van der Waals surface area contributed by atoms with E-state index in [1.54, 1.807) is 7.11 Å². The molecule has 0 aromatic heterocycles. The number of nitrogens with zero attached hydrogens (tertiary/aromatic N) is 1. The maximum absolute atomic E-state index is 5.25. The normalized spacial score (nSPS) is 28.5. The van der Waals surface area contributed by atoms with Gasteiger partial charge in [0.1, 0.15) is 5.75 Å². The molecule has 1 saturated heterocycles. The summed E-state index contributed by atoms with van der Waals surface area (Å²) >= 11 is 0. The number of methoxy groups -OCH3 is 1. The van der Waals surface area contributed by atoms with Gasteiger partial charge in [0.2, 0.25) is 0 Å². The number of hydrogen-bond acceptors (Lipinski definition) is 2. The van der Waals surface area contributed by atoms with Gasteiger partial charge >= 0.3 is 0 Å². The highest BCUT2D eigenvalue weighted by Crippen LogP contribution is 2.33. The van der Waals surface area contributed by atoms with Gasteiger partial charge in [0.25, 0.3) is 0 Å². The van der Waals surface area contributed by atoms with Crippen molar-refractivity contribution in [3.8, 4) is 5.75 Å². The average molecular weight is 287 g/mol. The first-order valence-electron chi connectivity index (χ1n) is 8.64. The Morgan fingerprint density at radius 1 is 0.905 bits per heavy atom. The van der Waals surface area contributed by atoms with Gasteiger partial charge in [0, 0.05) is 6.04 Å². The fourth-order valence-corrected chi connectivity index (χ4v) is 4.08. The SMILES string of the molecule is COc1ccc(C2CCN([C@H]3CC[C@H](C)CC3)CC2)cc1. The molecule has 2 nitrogen and oxygen atoms in total. The summed E-state index contributed by atoms with van der Waals surface area (Å²) in [5.74, 6) is 2.67. The highest BCUT2D eigenvalue weighted by molar-refractivity contribution is 5.29. The van der Waals surface area contributed by atoms with Crippen molar-refractivity contribution in [3.05, 3.63) is 29.8 Å². The molecule has 2 heteroatoms. The first-order chi connectivity index (χ1) is 10.3. The lowest BCUT2D eigenvalue weighted by molar-refractivity contribution is 0.110. The zero-order valence-electron chi connectivity index (χ0n) is 13.6. The summed E-state index contributed by atoms with van der Waals surface area (Å²) in [7, 11) is 1.73. The zero-order chi connectivity index (χ0) is 14.7. The summed E-state index contributed by atoms with van der Waals surface area (Å²) < 4.78 is 5.25. The second kappa shape index (κ2) is 6.83. The Kier molecular flexibility index (Phi) is 4.84. The number of benzene rings is 1. The van der Waals surface area contributed by atoms with Crippen molar-refractivity contribution in [3.63, 3.8) is 0 Å². The summed E-state index contributed by atoms with van der Waals surface area (Å²) in [6, 6.07) is 9.58. The van der Waals surface area contributed by atoms with Gasteiger partial charge in [0.15, 0.2) is 0 Å². The second-order valence-corrected chi connectivity index (χ2v) is 7.00. The lowest BCUT2D eigenvalue weighted by atomic mass is 9.84. The van der Waals surface area contributed by atoms with Gasteiger partial charge in [-0.2, -0.15) is 0 Å². The van der Waals surface area contributed by atoms with Crippen LogP contribution in [0.1, 0.15) is 56.9 Å². The second-order valence-electron chi connectivity index (χ2n) is 7.00. The molecule has 0 atom stereocenters. The minimum atomic E-state index is 0.745. The largest absolute Gasteiger partial charge is 0.497 e. The average Bonchev–Trinajstić information content (AvgIpc) is 2.56. The summed E-state index contributed by atoms with van der Waals surface area (Å²) in [6.07, 6.45) is 8.35. The number of hydrogen-bond donors (Lipinski definition) is 0. The Bertz CT molecular complexity index is 425. The molecular weight excluding hydrogens is 258 g/mol. The van der Waals surface area contributed by atoms with Crippen LogP contribution >= 0.6 is 0 Å². The Labute approximate surface area is 129 Å². The summed E-state index contributed by atoms with van der Waals surface area (Å²) in [5, 5.41) is 0. The van der Waals surface area contributed by atoms with Crippen LogP contribution in [0.2, 0.25) is 0 Å². The quantitative estimate of drug-likeness (QED) is 0.814. The van der Waals surface area contributed by atoms with E-state index >= 15 is 0 Å². The maximum atomic E-state index is 5.25. The molecule has 1 aliphatic heterocycles. The van der Waals surface area contributed by atoms with Crippen molar-refractivity contribution in [2.45, 2.75) is 57.4 Å². The molecule has 2 fully saturated rings. The van der Waals surface area contributed by atoms with E-state index in [2.05, 4.69) is 36.1 Å². The topological polar surface area (TPSA) is 12.5 Å². The molecule has 1 heterocycles. The molecule has 1 aliphatic carbocycles. The van der Waals surface area contributed by atoms with Crippen LogP contribution < -0.4 is 4.74 Å². The molecular formula is C19H29NO. The van der Waals surface area contributed by atoms with E-state index in [1.165, 1.54) is 57.2 Å². The highest BCUT2D eigenvalue weighted by Gasteiger charge is 2.28. The Hall–Kier alpha value is -1.02. The van der Waals surface area contributed by atoms with Gasteiger partial charge in [0.05, 0.1) is 7.11 Å². The minimum absolute atomic E-state index is 0.745. The molecule has 0 unspecified atom stereocenters. The van der Waals surface area contributed by atoms with Crippen LogP contribution in [0.3, 0.4) is 0 Å². The Balaban J connectivity index is 1.52. The maximum Gasteiger partial charge on any atom is 0.118 e. The molecule has 0 spiro atoms. The van der Waals surface area contributed by atoms with Gasteiger partial charge in [-0.1, -0.05) is 19.1 Å². The first kappa shape index (κ1) is 14.9. The van der Waals surface area contributed by atoms with E-state index in [4.69, 9.17) is 4.74 Å². The van der Waals surface area contributed by atoms with Gasteiger partial charge in [-0.3, -0.25) is 0 Å². The molecule has 1 aromatic carbocycles. The summed E-state index contributed by atoms with van der Waals surface area (Å²) in [4.78, 5) is 2.77. The lowest BCUT2D eigenvalue weighted by Gasteiger charge is -2.40. The van der Waals surface area contributed by atoms with E-state index in [1.807, 2.05) is 0 Å². The predicted octanol–water partition coefficient (Wildman–Crippen LogP) is 4.45. The number of piperidine rings is 1. The van der Waals surface area contributed by atoms with Crippen LogP contribution in [-0.4, -0.2) is 31.1 Å². The molecule has 3 rings (SSSR count). The van der Waals surface area contributed by atoms with Crippen LogP contribution in [-0.2, 0) is 0 Å². The van der Waals surface area contributed by atoms with E-state index in [9.17, 15) is 0 Å². The first-order valence-corrected chi connectivity index (χ1v) is 8.64. The van der Waals surface area contributed by atoms with Crippen LogP contribution in [0, 0.1) is 5.92 Å². The number of ether oxygens (including phenoxy) is 1. The van der Waals surface area contributed by atoms with Crippen molar-refractivity contribution in [1.82, 2.24) is 4.90 Å². The molecule has 21 heavy (non-hydrogen) atoms. The molecule has 0 radical (unpaired) electrons. The monoisotopic (exact) mass is 287 g/mol. The molecule has 116 valence electrons. The fraction of sp³-hybridized carbons (Fsp3) is 0.684. The fourth-order valence-electron chi connectivity index (χ4n) is 4.08. The molecule has 0 amide bonds. The molecule has 1 aromatic rings. The van der Waals surface area contributed by atoms with Gasteiger partial charge < -0.3 is 9.64 Å². The van der Waals surface area contributed by atoms with Gasteiger partial charge in [-0.15, -0.1) is 0 Å². The third kappa shape index (κ3) is 3.60. The Morgan fingerprint density at radius 3 is 2.10 bits per heavy atom. The van der Waals surface area contributed by atoms with Crippen molar-refractivity contribution >= 4 is 0 Å². The lowest BCUT2D eigenvalue weighted by Crippen LogP contribution is -2.42. The number of rotatable bonds is 3. The predicted molar refractivity (Wildman–Crippen MR) is 88.0 cm³/mol. The molecule has 0 bridgehead atoms. The zero-order valence-corrected chi connectivity index (χ0v) is 13.6. The minimum Gasteiger partial charge on any atom is -0.497 e. The molecule has 1 saturated carbocycles. The number of likely N-dealkylation sites (tertiary alicyclic amines) is 1. The van der Waals surface area contributed by atoms with E-state index in [-0.39, 0.29) is 0 Å². The smallest absolute Gasteiger partial charge is 0.118 e. The van der Waals surface area contributed by atoms with Crippen LogP contribution in [0.25, 0.3) is 0 Å². The highest BCUT2D eigenvalue weighted by atomic mass is 16.5. The van der Waals surface area contributed by atoms with Crippen molar-refractivity contribution < 1.29 is 4.74 Å². The molecule has 2 aliphatic rings. The van der Waals surface area contributed by atoms with Crippen LogP contribution in [0.4, 0.5) is 0 Å². The van der Waals surface area contributed by atoms with E-state index in [0.717, 1.165) is 23.6 Å². The van der Waals surface area contributed by atoms with Gasteiger partial charge in [-0.25, -0.2) is 0 Å². The van der Waals surface area contributed by atoms with Crippen LogP contribution in [0.5, 0.6) is 5.75 Å². The van der Waals surface area contributed by atoms with Crippen LogP contribution in [0.15, 0.2) is 24.3 Å². The van der Waals surface area contributed by atoms with E-state index < -0.39 is 0 Å². The summed E-state index contributed by atoms with van der Waals surface area (Å²) in [5.41, 5.74) is 1.49. The van der Waals surface area contributed by atoms with Crippen molar-refractivity contribution in [2.75, 3.05) is 20.2 Å².